The summed E-state index contributed by atoms with van der Waals surface area (Å²) in [5.74, 6) is 2.91. The molecule has 0 unspecified atom stereocenters. The maximum Gasteiger partial charge on any atom is 0.265 e. The Labute approximate surface area is 206 Å². The van der Waals surface area contributed by atoms with Crippen molar-refractivity contribution in [2.45, 2.75) is 12.8 Å². The molecule has 2 N–H and O–H groups in total. The van der Waals surface area contributed by atoms with Crippen LogP contribution < -0.4 is 29.7 Å². The van der Waals surface area contributed by atoms with E-state index in [-0.39, 0.29) is 36.5 Å². The number of nitrogens with one attached hydrogen (secondary N) is 2. The minimum Gasteiger partial charge on any atom is -0.493 e. The third-order valence-electron chi connectivity index (χ3n) is 5.04. The van der Waals surface area contributed by atoms with Gasteiger partial charge in [-0.1, -0.05) is 18.2 Å². The lowest BCUT2D eigenvalue weighted by Gasteiger charge is -2.29. The molecule has 1 aliphatic rings. The summed E-state index contributed by atoms with van der Waals surface area (Å²) in [5, 5.41) is 6.61. The second-order valence-corrected chi connectivity index (χ2v) is 7.02. The number of benzene rings is 2. The topological polar surface area (TPSA) is 84.4 Å². The fourth-order valence-corrected chi connectivity index (χ4v) is 3.43. The first-order valence-electron chi connectivity index (χ1n) is 10.3. The number of nitrogens with zero attached hydrogens (tertiary/aromatic N) is 2. The molecular formula is C23H31IN4O4. The van der Waals surface area contributed by atoms with Crippen molar-refractivity contribution < 1.29 is 19.0 Å². The maximum atomic E-state index is 12.2. The largest absolute Gasteiger partial charge is 0.493 e. The fraction of sp³-hybridized carbons (Fsp3) is 0.391. The summed E-state index contributed by atoms with van der Waals surface area (Å²) in [4.78, 5) is 18.3. The second-order valence-electron chi connectivity index (χ2n) is 7.02. The van der Waals surface area contributed by atoms with Gasteiger partial charge < -0.3 is 29.7 Å². The summed E-state index contributed by atoms with van der Waals surface area (Å²) < 4.78 is 16.1. The number of rotatable bonds is 9. The van der Waals surface area contributed by atoms with E-state index in [1.807, 2.05) is 42.5 Å². The van der Waals surface area contributed by atoms with Crippen molar-refractivity contribution in [3.63, 3.8) is 0 Å². The number of amides is 1. The molecule has 0 bridgehead atoms. The van der Waals surface area contributed by atoms with Crippen molar-refractivity contribution in [3.8, 4) is 17.2 Å². The van der Waals surface area contributed by atoms with E-state index in [1.54, 1.807) is 26.2 Å². The fourth-order valence-electron chi connectivity index (χ4n) is 3.43. The van der Waals surface area contributed by atoms with Gasteiger partial charge in [0, 0.05) is 26.7 Å². The lowest BCUT2D eigenvalue weighted by molar-refractivity contribution is -0.121. The molecule has 1 amide bonds. The zero-order valence-electron chi connectivity index (χ0n) is 18.7. The van der Waals surface area contributed by atoms with Gasteiger partial charge in [-0.25, -0.2) is 0 Å². The molecule has 174 valence electrons. The minimum absolute atomic E-state index is 0. The van der Waals surface area contributed by atoms with Gasteiger partial charge in [0.05, 0.1) is 19.9 Å². The monoisotopic (exact) mass is 554 g/mol. The van der Waals surface area contributed by atoms with Crippen LogP contribution >= 0.6 is 24.0 Å². The van der Waals surface area contributed by atoms with E-state index in [9.17, 15) is 4.79 Å². The van der Waals surface area contributed by atoms with Crippen LogP contribution in [-0.4, -0.2) is 59.4 Å². The molecule has 0 aromatic heterocycles. The van der Waals surface area contributed by atoms with Gasteiger partial charge >= 0.3 is 0 Å². The first-order chi connectivity index (χ1) is 15.2. The Morgan fingerprint density at radius 1 is 1.09 bits per heavy atom. The summed E-state index contributed by atoms with van der Waals surface area (Å²) in [5.41, 5.74) is 1.97. The lowest BCUT2D eigenvalue weighted by Crippen LogP contribution is -2.42. The molecule has 0 radical (unpaired) electrons. The van der Waals surface area contributed by atoms with Gasteiger partial charge in [-0.2, -0.15) is 0 Å². The number of guanidine groups is 1. The van der Waals surface area contributed by atoms with Crippen molar-refractivity contribution in [2.75, 3.05) is 52.4 Å². The highest BCUT2D eigenvalue weighted by atomic mass is 127. The first kappa shape index (κ1) is 25.6. The number of fused-ring (bicyclic) bond motifs is 1. The number of aliphatic imine (C=N–C) groups is 1. The molecule has 3 rings (SSSR count). The molecule has 9 heteroatoms. The molecule has 2 aromatic rings. The molecule has 0 saturated heterocycles. The minimum atomic E-state index is -0.0175. The van der Waals surface area contributed by atoms with Crippen LogP contribution in [0.4, 0.5) is 5.69 Å². The number of para-hydroxylation sites is 2. The van der Waals surface area contributed by atoms with Gasteiger partial charge in [-0.05, 0) is 42.7 Å². The molecule has 0 aliphatic carbocycles. The number of anilines is 1. The molecule has 1 aliphatic heterocycles. The SMILES string of the molecule is CN=C(NCCCN1C(=O)COc2ccccc21)NCCc1ccc(OC)c(OC)c1.I. The predicted octanol–water partition coefficient (Wildman–Crippen LogP) is 2.85. The lowest BCUT2D eigenvalue weighted by atomic mass is 10.1. The van der Waals surface area contributed by atoms with E-state index < -0.39 is 0 Å². The van der Waals surface area contributed by atoms with Crippen molar-refractivity contribution in [1.29, 1.82) is 0 Å². The first-order valence-corrected chi connectivity index (χ1v) is 10.3. The number of carbonyl (C=O) groups is 1. The van der Waals surface area contributed by atoms with E-state index in [2.05, 4.69) is 15.6 Å². The Hall–Kier alpha value is -2.69. The van der Waals surface area contributed by atoms with Crippen molar-refractivity contribution in [3.05, 3.63) is 48.0 Å². The second kappa shape index (κ2) is 13.0. The predicted molar refractivity (Wildman–Crippen MR) is 137 cm³/mol. The molecule has 8 nitrogen and oxygen atoms in total. The number of ether oxygens (including phenoxy) is 3. The average Bonchev–Trinajstić information content (AvgIpc) is 2.81. The van der Waals surface area contributed by atoms with Gasteiger partial charge in [-0.3, -0.25) is 9.79 Å². The normalized spacial score (nSPS) is 12.9. The molecular weight excluding hydrogens is 523 g/mol. The zero-order chi connectivity index (χ0) is 22.1. The number of methoxy groups -OCH3 is 2. The van der Waals surface area contributed by atoms with Crippen molar-refractivity contribution in [2.24, 2.45) is 4.99 Å². The van der Waals surface area contributed by atoms with Gasteiger partial charge in [0.1, 0.15) is 5.75 Å². The Balaban J connectivity index is 0.00000363. The summed E-state index contributed by atoms with van der Waals surface area (Å²) >= 11 is 0. The van der Waals surface area contributed by atoms with Gasteiger partial charge in [0.2, 0.25) is 0 Å². The molecule has 2 aromatic carbocycles. The zero-order valence-corrected chi connectivity index (χ0v) is 21.1. The highest BCUT2D eigenvalue weighted by molar-refractivity contribution is 14.0. The number of hydrogen-bond donors (Lipinski definition) is 2. The molecule has 0 atom stereocenters. The van der Waals surface area contributed by atoms with Crippen LogP contribution in [0.3, 0.4) is 0 Å². The summed E-state index contributed by atoms with van der Waals surface area (Å²) in [6.07, 6.45) is 1.61. The maximum absolute atomic E-state index is 12.2. The number of hydrogen-bond acceptors (Lipinski definition) is 5. The van der Waals surface area contributed by atoms with Crippen molar-refractivity contribution in [1.82, 2.24) is 10.6 Å². The van der Waals surface area contributed by atoms with Crippen LogP contribution in [0.15, 0.2) is 47.5 Å². The Bertz CT molecular complexity index is 923. The molecule has 1 heterocycles. The molecule has 32 heavy (non-hydrogen) atoms. The van der Waals surface area contributed by atoms with E-state index in [4.69, 9.17) is 14.2 Å². The summed E-state index contributed by atoms with van der Waals surface area (Å²) in [6.45, 7) is 2.13. The van der Waals surface area contributed by atoms with E-state index in [1.165, 1.54) is 0 Å². The Morgan fingerprint density at radius 2 is 1.84 bits per heavy atom. The van der Waals surface area contributed by atoms with Gasteiger partial charge in [-0.15, -0.1) is 24.0 Å². The quantitative estimate of drug-likeness (QED) is 0.215. The molecule has 0 fully saturated rings. The Morgan fingerprint density at radius 3 is 2.59 bits per heavy atom. The van der Waals surface area contributed by atoms with Gasteiger partial charge in [0.15, 0.2) is 24.1 Å². The third-order valence-corrected chi connectivity index (χ3v) is 5.04. The smallest absolute Gasteiger partial charge is 0.265 e. The van der Waals surface area contributed by atoms with Gasteiger partial charge in [0.25, 0.3) is 5.91 Å². The highest BCUT2D eigenvalue weighted by Crippen LogP contribution is 2.31. The Kier molecular flexibility index (Phi) is 10.4. The van der Waals surface area contributed by atoms with E-state index >= 15 is 0 Å². The van der Waals surface area contributed by atoms with Crippen LogP contribution in [0.1, 0.15) is 12.0 Å². The van der Waals surface area contributed by atoms with Crippen LogP contribution in [-0.2, 0) is 11.2 Å². The van der Waals surface area contributed by atoms with Crippen LogP contribution in [0, 0.1) is 0 Å². The molecule has 0 spiro atoms. The third kappa shape index (κ3) is 6.65. The van der Waals surface area contributed by atoms with Crippen LogP contribution in [0.25, 0.3) is 0 Å². The number of carbonyl (C=O) groups excluding carboxylic acids is 1. The standard InChI is InChI=1S/C23H30N4O4.HI/c1-24-23(26-13-11-17-9-10-20(29-2)21(15-17)30-3)25-12-6-14-27-18-7-4-5-8-19(18)31-16-22(27)28;/h4-5,7-10,15H,6,11-14,16H2,1-3H3,(H2,24,25,26);1H. The van der Waals surface area contributed by atoms with Crippen LogP contribution in [0.2, 0.25) is 0 Å². The number of halogens is 1. The van der Waals surface area contributed by atoms with E-state index in [0.29, 0.717) is 13.1 Å². The molecule has 0 saturated carbocycles. The van der Waals surface area contributed by atoms with Crippen molar-refractivity contribution >= 4 is 41.5 Å². The average molecular weight is 554 g/mol. The highest BCUT2D eigenvalue weighted by Gasteiger charge is 2.24. The summed E-state index contributed by atoms with van der Waals surface area (Å²) in [6, 6.07) is 13.5. The van der Waals surface area contributed by atoms with Crippen LogP contribution in [0.5, 0.6) is 17.2 Å². The summed E-state index contributed by atoms with van der Waals surface area (Å²) in [7, 11) is 5.00. The van der Waals surface area contributed by atoms with E-state index in [0.717, 1.165) is 53.8 Å².